The van der Waals surface area contributed by atoms with E-state index in [1.807, 2.05) is 60.7 Å². The Labute approximate surface area is 171 Å². The molecule has 0 heterocycles. The van der Waals surface area contributed by atoms with Gasteiger partial charge in [-0.05, 0) is 11.1 Å². The van der Waals surface area contributed by atoms with Crippen molar-refractivity contribution < 1.29 is 19.0 Å². The van der Waals surface area contributed by atoms with E-state index < -0.39 is 0 Å². The van der Waals surface area contributed by atoms with Crippen molar-refractivity contribution in [2.75, 3.05) is 20.8 Å². The van der Waals surface area contributed by atoms with Gasteiger partial charge < -0.3 is 19.1 Å². The molecule has 0 N–H and O–H groups in total. The van der Waals surface area contributed by atoms with Crippen molar-refractivity contribution in [2.24, 2.45) is 0 Å². The number of nitrogens with zero attached hydrogens (tertiary/aromatic N) is 1. The highest BCUT2D eigenvalue weighted by molar-refractivity contribution is 5.77. The first-order valence-corrected chi connectivity index (χ1v) is 9.39. The molecule has 5 nitrogen and oxygen atoms in total. The Kier molecular flexibility index (Phi) is 7.11. The molecule has 0 atom stereocenters. The molecule has 29 heavy (non-hydrogen) atoms. The van der Waals surface area contributed by atoms with Gasteiger partial charge in [0.15, 0.2) is 6.61 Å². The van der Waals surface area contributed by atoms with E-state index in [-0.39, 0.29) is 12.5 Å². The number of hydrogen-bond acceptors (Lipinski definition) is 4. The van der Waals surface area contributed by atoms with Crippen LogP contribution < -0.4 is 14.2 Å². The van der Waals surface area contributed by atoms with E-state index >= 15 is 0 Å². The summed E-state index contributed by atoms with van der Waals surface area (Å²) in [5.41, 5.74) is 2.14. The standard InChI is InChI=1S/C24H25NO4/c1-27-21-13-22(28-2)15-23(14-21)29-18-24(26)25(16-19-9-5-3-6-10-19)17-20-11-7-4-8-12-20/h3-15H,16-18H2,1-2H3. The maximum atomic E-state index is 13.0. The maximum Gasteiger partial charge on any atom is 0.261 e. The summed E-state index contributed by atoms with van der Waals surface area (Å²) in [6.07, 6.45) is 0. The number of hydrogen-bond donors (Lipinski definition) is 0. The lowest BCUT2D eigenvalue weighted by atomic mass is 10.1. The zero-order valence-corrected chi connectivity index (χ0v) is 16.7. The van der Waals surface area contributed by atoms with Crippen LogP contribution in [0.15, 0.2) is 78.9 Å². The van der Waals surface area contributed by atoms with Crippen LogP contribution in [0.1, 0.15) is 11.1 Å². The van der Waals surface area contributed by atoms with Crippen LogP contribution in [0.25, 0.3) is 0 Å². The Morgan fingerprint density at radius 2 is 1.17 bits per heavy atom. The molecule has 0 unspecified atom stereocenters. The van der Waals surface area contributed by atoms with Crippen LogP contribution in [-0.2, 0) is 17.9 Å². The molecule has 5 heteroatoms. The molecule has 0 saturated heterocycles. The minimum absolute atomic E-state index is 0.0734. The Balaban J connectivity index is 1.72. The van der Waals surface area contributed by atoms with Crippen LogP contribution in [0.2, 0.25) is 0 Å². The second-order valence-corrected chi connectivity index (χ2v) is 6.56. The van der Waals surface area contributed by atoms with Gasteiger partial charge in [-0.2, -0.15) is 0 Å². The van der Waals surface area contributed by atoms with Gasteiger partial charge >= 0.3 is 0 Å². The maximum absolute atomic E-state index is 13.0. The average Bonchev–Trinajstić information content (AvgIpc) is 2.78. The predicted molar refractivity (Wildman–Crippen MR) is 112 cm³/mol. The van der Waals surface area contributed by atoms with Crippen molar-refractivity contribution in [3.63, 3.8) is 0 Å². The van der Waals surface area contributed by atoms with E-state index in [2.05, 4.69) is 0 Å². The SMILES string of the molecule is COc1cc(OC)cc(OCC(=O)N(Cc2ccccc2)Cc2ccccc2)c1. The number of methoxy groups -OCH3 is 2. The van der Waals surface area contributed by atoms with E-state index in [0.717, 1.165) is 11.1 Å². The molecule has 0 aromatic heterocycles. The van der Waals surface area contributed by atoms with Crippen LogP contribution in [-0.4, -0.2) is 31.6 Å². The molecule has 0 radical (unpaired) electrons. The summed E-state index contributed by atoms with van der Waals surface area (Å²) < 4.78 is 16.3. The van der Waals surface area contributed by atoms with E-state index in [1.165, 1.54) is 0 Å². The Morgan fingerprint density at radius 1 is 0.724 bits per heavy atom. The van der Waals surface area contributed by atoms with Crippen molar-refractivity contribution in [2.45, 2.75) is 13.1 Å². The third-order valence-electron chi connectivity index (χ3n) is 4.47. The summed E-state index contributed by atoms with van der Waals surface area (Å²) in [7, 11) is 3.15. The Morgan fingerprint density at radius 3 is 1.62 bits per heavy atom. The largest absolute Gasteiger partial charge is 0.496 e. The van der Waals surface area contributed by atoms with Gasteiger partial charge in [0.25, 0.3) is 5.91 Å². The van der Waals surface area contributed by atoms with Crippen LogP contribution in [0, 0.1) is 0 Å². The number of carbonyl (C=O) groups is 1. The van der Waals surface area contributed by atoms with Crippen LogP contribution >= 0.6 is 0 Å². The smallest absolute Gasteiger partial charge is 0.261 e. The zero-order valence-electron chi connectivity index (χ0n) is 16.7. The molecule has 150 valence electrons. The first-order chi connectivity index (χ1) is 14.2. The van der Waals surface area contributed by atoms with Gasteiger partial charge in [-0.15, -0.1) is 0 Å². The molecule has 0 aliphatic rings. The molecule has 3 rings (SSSR count). The topological polar surface area (TPSA) is 48.0 Å². The highest BCUT2D eigenvalue weighted by Gasteiger charge is 2.16. The minimum Gasteiger partial charge on any atom is -0.496 e. The number of rotatable bonds is 9. The number of carbonyl (C=O) groups excluding carboxylic acids is 1. The monoisotopic (exact) mass is 391 g/mol. The summed E-state index contributed by atoms with van der Waals surface area (Å²) in [5.74, 6) is 1.64. The molecule has 3 aromatic rings. The van der Waals surface area contributed by atoms with Crippen molar-refractivity contribution >= 4 is 5.91 Å². The van der Waals surface area contributed by atoms with Gasteiger partial charge in [0.1, 0.15) is 17.2 Å². The molecule has 0 saturated carbocycles. The molecule has 3 aromatic carbocycles. The Hall–Kier alpha value is -3.47. The Bertz CT molecular complexity index is 849. The fourth-order valence-electron chi connectivity index (χ4n) is 2.94. The lowest BCUT2D eigenvalue weighted by Crippen LogP contribution is -2.34. The number of ether oxygens (including phenoxy) is 3. The quantitative estimate of drug-likeness (QED) is 0.545. The highest BCUT2D eigenvalue weighted by Crippen LogP contribution is 2.27. The van der Waals surface area contributed by atoms with Crippen molar-refractivity contribution in [1.29, 1.82) is 0 Å². The van der Waals surface area contributed by atoms with Gasteiger partial charge in [0.2, 0.25) is 0 Å². The third-order valence-corrected chi connectivity index (χ3v) is 4.47. The molecular weight excluding hydrogens is 366 g/mol. The average molecular weight is 391 g/mol. The van der Waals surface area contributed by atoms with Crippen molar-refractivity contribution in [3.8, 4) is 17.2 Å². The predicted octanol–water partition coefficient (Wildman–Crippen LogP) is 4.31. The molecule has 0 fully saturated rings. The summed E-state index contributed by atoms with van der Waals surface area (Å²) in [6.45, 7) is 0.953. The van der Waals surface area contributed by atoms with E-state index in [0.29, 0.717) is 30.3 Å². The third kappa shape index (κ3) is 6.01. The highest BCUT2D eigenvalue weighted by atomic mass is 16.5. The lowest BCUT2D eigenvalue weighted by Gasteiger charge is -2.23. The molecular formula is C24H25NO4. The molecule has 0 aliphatic heterocycles. The van der Waals surface area contributed by atoms with Gasteiger partial charge in [0.05, 0.1) is 14.2 Å². The van der Waals surface area contributed by atoms with Gasteiger partial charge in [0, 0.05) is 31.3 Å². The van der Waals surface area contributed by atoms with E-state index in [9.17, 15) is 4.79 Å². The molecule has 0 aliphatic carbocycles. The minimum atomic E-state index is -0.0977. The van der Waals surface area contributed by atoms with Gasteiger partial charge in [-0.3, -0.25) is 4.79 Å². The second-order valence-electron chi connectivity index (χ2n) is 6.56. The van der Waals surface area contributed by atoms with Crippen LogP contribution in [0.5, 0.6) is 17.2 Å². The normalized spacial score (nSPS) is 10.3. The zero-order chi connectivity index (χ0) is 20.5. The van der Waals surface area contributed by atoms with Crippen molar-refractivity contribution in [3.05, 3.63) is 90.0 Å². The first kappa shape index (κ1) is 20.3. The molecule has 0 bridgehead atoms. The fraction of sp³-hybridized carbons (Fsp3) is 0.208. The second kappa shape index (κ2) is 10.2. The molecule has 0 spiro atoms. The van der Waals surface area contributed by atoms with Gasteiger partial charge in [-0.25, -0.2) is 0 Å². The van der Waals surface area contributed by atoms with E-state index in [1.54, 1.807) is 37.3 Å². The molecule has 1 amide bonds. The summed E-state index contributed by atoms with van der Waals surface area (Å²) in [4.78, 5) is 14.8. The summed E-state index contributed by atoms with van der Waals surface area (Å²) in [5, 5.41) is 0. The van der Waals surface area contributed by atoms with Crippen LogP contribution in [0.3, 0.4) is 0 Å². The fourth-order valence-corrected chi connectivity index (χ4v) is 2.94. The first-order valence-electron chi connectivity index (χ1n) is 9.39. The lowest BCUT2D eigenvalue weighted by molar-refractivity contribution is -0.134. The van der Waals surface area contributed by atoms with Crippen molar-refractivity contribution in [1.82, 2.24) is 4.90 Å². The van der Waals surface area contributed by atoms with E-state index in [4.69, 9.17) is 14.2 Å². The number of amides is 1. The summed E-state index contributed by atoms with van der Waals surface area (Å²) in [6, 6.07) is 25.1. The van der Waals surface area contributed by atoms with Crippen LogP contribution in [0.4, 0.5) is 0 Å². The van der Waals surface area contributed by atoms with Gasteiger partial charge in [-0.1, -0.05) is 60.7 Å². The summed E-state index contributed by atoms with van der Waals surface area (Å²) >= 11 is 0. The number of benzene rings is 3.